The highest BCUT2D eigenvalue weighted by atomic mass is 79.9. The molecule has 2 atom stereocenters. The average Bonchev–Trinajstić information content (AvgIpc) is 2.97. The summed E-state index contributed by atoms with van der Waals surface area (Å²) in [6.07, 6.45) is 0. The third kappa shape index (κ3) is 3.68. The summed E-state index contributed by atoms with van der Waals surface area (Å²) in [7, 11) is 1.79. The van der Waals surface area contributed by atoms with Crippen LogP contribution in [0.15, 0.2) is 53.0 Å². The van der Waals surface area contributed by atoms with Gasteiger partial charge < -0.3 is 10.6 Å². The van der Waals surface area contributed by atoms with E-state index >= 15 is 0 Å². The van der Waals surface area contributed by atoms with E-state index in [1.165, 1.54) is 0 Å². The lowest BCUT2D eigenvalue weighted by molar-refractivity contribution is -0.118. The molecule has 2 unspecified atom stereocenters. The second-order valence-corrected chi connectivity index (χ2v) is 8.30. The number of amides is 2. The first-order valence-corrected chi connectivity index (χ1v) is 10.2. The Morgan fingerprint density at radius 2 is 1.83 bits per heavy atom. The van der Waals surface area contributed by atoms with Crippen LogP contribution in [0.2, 0.25) is 5.02 Å². The van der Waals surface area contributed by atoms with Crippen LogP contribution < -0.4 is 10.6 Å². The van der Waals surface area contributed by atoms with Crippen molar-refractivity contribution in [3.8, 4) is 0 Å². The average molecular weight is 474 g/mol. The molecule has 6 nitrogen and oxygen atoms in total. The monoisotopic (exact) mass is 472 g/mol. The minimum absolute atomic E-state index is 0.282. The van der Waals surface area contributed by atoms with Crippen LogP contribution in [0.1, 0.15) is 33.1 Å². The Bertz CT molecular complexity index is 1090. The zero-order valence-corrected chi connectivity index (χ0v) is 18.1. The first-order chi connectivity index (χ1) is 13.8. The number of aromatic nitrogens is 2. The van der Waals surface area contributed by atoms with Gasteiger partial charge in [-0.3, -0.25) is 14.3 Å². The molecule has 0 radical (unpaired) electrons. The van der Waals surface area contributed by atoms with Gasteiger partial charge in [0.25, 0.3) is 5.91 Å². The van der Waals surface area contributed by atoms with E-state index in [0.717, 1.165) is 21.3 Å². The van der Waals surface area contributed by atoms with Crippen molar-refractivity contribution >= 4 is 45.2 Å². The number of halogens is 2. The number of hydrogen-bond acceptors (Lipinski definition) is 3. The van der Waals surface area contributed by atoms with Crippen LogP contribution in [0.4, 0.5) is 5.82 Å². The summed E-state index contributed by atoms with van der Waals surface area (Å²) >= 11 is 9.36. The predicted molar refractivity (Wildman–Crippen MR) is 115 cm³/mol. The third-order valence-electron chi connectivity index (χ3n) is 5.06. The largest absolute Gasteiger partial charge is 0.339 e. The number of carbonyl (C=O) groups excluding carboxylic acids is 2. The Labute approximate surface area is 181 Å². The highest BCUT2D eigenvalue weighted by Crippen LogP contribution is 2.39. The number of nitrogens with one attached hydrogen (secondary N) is 2. The van der Waals surface area contributed by atoms with Crippen molar-refractivity contribution in [1.29, 1.82) is 0 Å². The maximum atomic E-state index is 13.0. The molecule has 1 aliphatic rings. The van der Waals surface area contributed by atoms with Crippen molar-refractivity contribution in [2.24, 2.45) is 7.05 Å². The molecule has 0 aliphatic carbocycles. The van der Waals surface area contributed by atoms with E-state index in [4.69, 9.17) is 11.6 Å². The maximum absolute atomic E-state index is 13.0. The summed E-state index contributed by atoms with van der Waals surface area (Å²) in [6.45, 7) is 1.90. The first-order valence-electron chi connectivity index (χ1n) is 9.01. The SMILES string of the molecule is Cc1nn(C)c2c1C(c1ccc(Br)cc1)C(NC(=O)c1ccc(Cl)cc1)C(=O)N2. The van der Waals surface area contributed by atoms with Crippen LogP contribution >= 0.6 is 27.5 Å². The molecule has 3 aromatic rings. The number of aryl methyl sites for hydroxylation is 2. The smallest absolute Gasteiger partial charge is 0.251 e. The minimum Gasteiger partial charge on any atom is -0.339 e. The standard InChI is InChI=1S/C21H18BrClN4O2/c1-11-16-17(12-3-7-14(22)8-4-12)18(21(29)25-19(16)27(2)26-11)24-20(28)13-5-9-15(23)10-6-13/h3-10,17-18H,1-2H3,(H,24,28)(H,25,29). The van der Waals surface area contributed by atoms with Gasteiger partial charge in [0.1, 0.15) is 11.9 Å². The van der Waals surface area contributed by atoms with Crippen LogP contribution in [0, 0.1) is 6.92 Å². The van der Waals surface area contributed by atoms with Crippen LogP contribution in [0.5, 0.6) is 0 Å². The molecule has 2 amide bonds. The van der Waals surface area contributed by atoms with Crippen LogP contribution in [-0.2, 0) is 11.8 Å². The number of fused-ring (bicyclic) bond motifs is 1. The molecule has 2 aromatic carbocycles. The van der Waals surface area contributed by atoms with Gasteiger partial charge in [-0.1, -0.05) is 39.7 Å². The van der Waals surface area contributed by atoms with E-state index < -0.39 is 6.04 Å². The lowest BCUT2D eigenvalue weighted by Gasteiger charge is -2.32. The summed E-state index contributed by atoms with van der Waals surface area (Å²) in [5.41, 5.74) is 3.06. The van der Waals surface area contributed by atoms with E-state index in [9.17, 15) is 9.59 Å². The van der Waals surface area contributed by atoms with Gasteiger partial charge in [0, 0.05) is 33.6 Å². The second-order valence-electron chi connectivity index (χ2n) is 6.95. The van der Waals surface area contributed by atoms with Gasteiger partial charge in [-0.2, -0.15) is 5.10 Å². The molecular formula is C21H18BrClN4O2. The number of anilines is 1. The number of nitrogens with zero attached hydrogens (tertiary/aromatic N) is 2. The van der Waals surface area contributed by atoms with Crippen molar-refractivity contribution < 1.29 is 9.59 Å². The van der Waals surface area contributed by atoms with Gasteiger partial charge in [0.2, 0.25) is 5.91 Å². The summed E-state index contributed by atoms with van der Waals surface area (Å²) in [5, 5.41) is 10.8. The molecule has 1 aromatic heterocycles. The summed E-state index contributed by atoms with van der Waals surface area (Å²) in [5.74, 6) is -0.334. The van der Waals surface area contributed by atoms with Crippen molar-refractivity contribution in [3.05, 3.63) is 80.4 Å². The van der Waals surface area contributed by atoms with E-state index in [-0.39, 0.29) is 17.7 Å². The Balaban J connectivity index is 1.77. The Morgan fingerprint density at radius 3 is 2.48 bits per heavy atom. The molecule has 148 valence electrons. The molecule has 8 heteroatoms. The third-order valence-corrected chi connectivity index (χ3v) is 5.84. The fourth-order valence-electron chi connectivity index (χ4n) is 3.71. The van der Waals surface area contributed by atoms with Gasteiger partial charge in [-0.05, 0) is 48.9 Å². The van der Waals surface area contributed by atoms with Crippen molar-refractivity contribution in [1.82, 2.24) is 15.1 Å². The van der Waals surface area contributed by atoms with Gasteiger partial charge in [0.15, 0.2) is 0 Å². The van der Waals surface area contributed by atoms with E-state index in [2.05, 4.69) is 31.7 Å². The Kier molecular flexibility index (Phi) is 5.19. The first kappa shape index (κ1) is 19.7. The molecule has 0 spiro atoms. The molecule has 1 aliphatic heterocycles. The topological polar surface area (TPSA) is 76.0 Å². The number of carbonyl (C=O) groups is 2. The Hall–Kier alpha value is -2.64. The zero-order chi connectivity index (χ0) is 20.7. The fraction of sp³-hybridized carbons (Fsp3) is 0.190. The molecule has 2 N–H and O–H groups in total. The number of benzene rings is 2. The summed E-state index contributed by atoms with van der Waals surface area (Å²) in [4.78, 5) is 25.8. The molecule has 4 rings (SSSR count). The van der Waals surface area contributed by atoms with Crippen molar-refractivity contribution in [2.75, 3.05) is 5.32 Å². The predicted octanol–water partition coefficient (Wildman–Crippen LogP) is 4.03. The highest BCUT2D eigenvalue weighted by molar-refractivity contribution is 9.10. The fourth-order valence-corrected chi connectivity index (χ4v) is 4.10. The van der Waals surface area contributed by atoms with Crippen molar-refractivity contribution in [2.45, 2.75) is 18.9 Å². The second kappa shape index (κ2) is 7.65. The molecule has 0 saturated carbocycles. The number of rotatable bonds is 3. The summed E-state index contributed by atoms with van der Waals surface area (Å²) < 4.78 is 2.59. The molecule has 0 fully saturated rings. The normalized spacial score (nSPS) is 18.1. The summed E-state index contributed by atoms with van der Waals surface area (Å²) in [6, 6.07) is 13.5. The van der Waals surface area contributed by atoms with E-state index in [1.807, 2.05) is 31.2 Å². The molecule has 0 saturated heterocycles. The highest BCUT2D eigenvalue weighted by Gasteiger charge is 2.41. The molecule has 29 heavy (non-hydrogen) atoms. The van der Waals surface area contributed by atoms with Crippen molar-refractivity contribution in [3.63, 3.8) is 0 Å². The van der Waals surface area contributed by atoms with Crippen LogP contribution in [0.3, 0.4) is 0 Å². The van der Waals surface area contributed by atoms with Gasteiger partial charge in [-0.25, -0.2) is 0 Å². The number of hydrogen-bond donors (Lipinski definition) is 2. The van der Waals surface area contributed by atoms with Crippen LogP contribution in [0.25, 0.3) is 0 Å². The van der Waals surface area contributed by atoms with Gasteiger partial charge in [0.05, 0.1) is 5.69 Å². The quantitative estimate of drug-likeness (QED) is 0.603. The minimum atomic E-state index is -0.783. The van der Waals surface area contributed by atoms with Gasteiger partial charge >= 0.3 is 0 Å². The Morgan fingerprint density at radius 1 is 1.17 bits per heavy atom. The lowest BCUT2D eigenvalue weighted by atomic mass is 9.82. The maximum Gasteiger partial charge on any atom is 0.251 e. The molecule has 2 heterocycles. The van der Waals surface area contributed by atoms with E-state index in [1.54, 1.807) is 36.0 Å². The molecular weight excluding hydrogens is 456 g/mol. The zero-order valence-electron chi connectivity index (χ0n) is 15.7. The van der Waals surface area contributed by atoms with Gasteiger partial charge in [-0.15, -0.1) is 0 Å². The van der Waals surface area contributed by atoms with E-state index in [0.29, 0.717) is 16.4 Å². The lowest BCUT2D eigenvalue weighted by Crippen LogP contribution is -2.50. The molecule has 0 bridgehead atoms. The van der Waals surface area contributed by atoms with Crippen LogP contribution in [-0.4, -0.2) is 27.6 Å².